The van der Waals surface area contributed by atoms with Gasteiger partial charge in [0, 0.05) is 17.3 Å². The first-order chi connectivity index (χ1) is 8.35. The van der Waals surface area contributed by atoms with Gasteiger partial charge in [-0.1, -0.05) is 24.9 Å². The predicted octanol–water partition coefficient (Wildman–Crippen LogP) is 2.20. The number of halogens is 1. The summed E-state index contributed by atoms with van der Waals surface area (Å²) in [6, 6.07) is 4.71. The maximum Gasteiger partial charge on any atom is 0.253 e. The summed E-state index contributed by atoms with van der Waals surface area (Å²) in [6.45, 7) is 3.87. The molecule has 0 bridgehead atoms. The van der Waals surface area contributed by atoms with Crippen LogP contribution in [0.1, 0.15) is 37.0 Å². The van der Waals surface area contributed by atoms with Gasteiger partial charge in [0.2, 0.25) is 0 Å². The van der Waals surface area contributed by atoms with Gasteiger partial charge in [-0.25, -0.2) is 0 Å². The van der Waals surface area contributed by atoms with Crippen molar-refractivity contribution in [3.8, 4) is 0 Å². The molecule has 0 aliphatic carbocycles. The number of aliphatic hydroxyl groups is 1. The summed E-state index contributed by atoms with van der Waals surface area (Å²) in [6.07, 6.45) is 1.48. The average Bonchev–Trinajstić information content (AvgIpc) is 2.26. The Kier molecular flexibility index (Phi) is 4.99. The number of carbonyl (C=O) groups excluding carboxylic acids is 1. The highest BCUT2D eigenvalue weighted by Gasteiger charge is 2.20. The molecule has 0 spiro atoms. The van der Waals surface area contributed by atoms with E-state index in [1.165, 1.54) is 6.07 Å². The van der Waals surface area contributed by atoms with E-state index in [0.717, 1.165) is 6.42 Å². The van der Waals surface area contributed by atoms with Gasteiger partial charge in [-0.2, -0.15) is 0 Å². The van der Waals surface area contributed by atoms with E-state index >= 15 is 0 Å². The molecule has 0 aromatic heterocycles. The maximum atomic E-state index is 11.9. The van der Waals surface area contributed by atoms with Crippen LogP contribution in [0.2, 0.25) is 5.02 Å². The van der Waals surface area contributed by atoms with Crippen molar-refractivity contribution in [2.75, 3.05) is 12.3 Å². The van der Waals surface area contributed by atoms with E-state index in [9.17, 15) is 9.90 Å². The molecule has 1 amide bonds. The zero-order chi connectivity index (χ0) is 13.8. The molecule has 0 fully saturated rings. The van der Waals surface area contributed by atoms with Crippen LogP contribution in [0.5, 0.6) is 0 Å². The molecule has 0 heterocycles. The molecule has 18 heavy (non-hydrogen) atoms. The highest BCUT2D eigenvalue weighted by atomic mass is 35.5. The molecule has 5 heteroatoms. The fourth-order valence-corrected chi connectivity index (χ4v) is 1.91. The van der Waals surface area contributed by atoms with Crippen molar-refractivity contribution in [3.63, 3.8) is 0 Å². The lowest BCUT2D eigenvalue weighted by Gasteiger charge is -2.23. The molecule has 100 valence electrons. The highest BCUT2D eigenvalue weighted by molar-refractivity contribution is 6.31. The second-order valence-corrected chi connectivity index (χ2v) is 5.10. The molecule has 1 atom stereocenters. The van der Waals surface area contributed by atoms with Gasteiger partial charge in [-0.3, -0.25) is 4.79 Å². The van der Waals surface area contributed by atoms with Crippen LogP contribution >= 0.6 is 11.6 Å². The third kappa shape index (κ3) is 4.20. The van der Waals surface area contributed by atoms with Crippen LogP contribution in [-0.4, -0.2) is 23.2 Å². The third-order valence-electron chi connectivity index (χ3n) is 2.68. The fourth-order valence-electron chi connectivity index (χ4n) is 1.73. The summed E-state index contributed by atoms with van der Waals surface area (Å²) in [5.41, 5.74) is 5.51. The molecule has 4 nitrogen and oxygen atoms in total. The third-order valence-corrected chi connectivity index (χ3v) is 2.91. The topological polar surface area (TPSA) is 75.3 Å². The minimum Gasteiger partial charge on any atom is -0.398 e. The van der Waals surface area contributed by atoms with Gasteiger partial charge in [-0.05, 0) is 31.5 Å². The molecule has 0 saturated heterocycles. The summed E-state index contributed by atoms with van der Waals surface area (Å²) in [5.74, 6) is -0.305. The minimum atomic E-state index is -0.897. The molecule has 4 N–H and O–H groups in total. The zero-order valence-electron chi connectivity index (χ0n) is 10.7. The van der Waals surface area contributed by atoms with Crippen molar-refractivity contribution in [3.05, 3.63) is 28.8 Å². The number of carbonyl (C=O) groups is 1. The molecule has 1 rings (SSSR count). The smallest absolute Gasteiger partial charge is 0.253 e. The Morgan fingerprint density at radius 1 is 1.56 bits per heavy atom. The Morgan fingerprint density at radius 3 is 2.78 bits per heavy atom. The molecule has 1 aromatic carbocycles. The molecule has 0 saturated carbocycles. The van der Waals surface area contributed by atoms with Crippen LogP contribution in [0.4, 0.5) is 5.69 Å². The van der Waals surface area contributed by atoms with Crippen LogP contribution in [0.25, 0.3) is 0 Å². The van der Waals surface area contributed by atoms with Crippen molar-refractivity contribution in [1.29, 1.82) is 0 Å². The van der Waals surface area contributed by atoms with Gasteiger partial charge in [0.1, 0.15) is 0 Å². The second-order valence-electron chi connectivity index (χ2n) is 4.66. The number of benzene rings is 1. The van der Waals surface area contributed by atoms with Crippen molar-refractivity contribution in [2.45, 2.75) is 32.3 Å². The lowest BCUT2D eigenvalue weighted by atomic mass is 10.0. The number of hydrogen-bond acceptors (Lipinski definition) is 3. The van der Waals surface area contributed by atoms with Crippen LogP contribution in [0.15, 0.2) is 18.2 Å². The summed E-state index contributed by atoms with van der Waals surface area (Å²) in [7, 11) is 0. The first-order valence-electron chi connectivity index (χ1n) is 5.91. The van der Waals surface area contributed by atoms with Gasteiger partial charge < -0.3 is 16.2 Å². The maximum absolute atomic E-state index is 11.9. The first-order valence-corrected chi connectivity index (χ1v) is 6.29. The number of nitrogen functional groups attached to an aromatic ring is 1. The van der Waals surface area contributed by atoms with Crippen LogP contribution in [0.3, 0.4) is 0 Å². The predicted molar refractivity (Wildman–Crippen MR) is 73.7 cm³/mol. The summed E-state index contributed by atoms with van der Waals surface area (Å²) in [5, 5.41) is 13.1. The Morgan fingerprint density at radius 2 is 2.22 bits per heavy atom. The Hall–Kier alpha value is -1.26. The Labute approximate surface area is 112 Å². The fraction of sp³-hybridized carbons (Fsp3) is 0.462. The molecule has 0 radical (unpaired) electrons. The van der Waals surface area contributed by atoms with Crippen molar-refractivity contribution in [1.82, 2.24) is 5.32 Å². The lowest BCUT2D eigenvalue weighted by Crippen LogP contribution is -2.40. The van der Waals surface area contributed by atoms with E-state index < -0.39 is 5.60 Å². The van der Waals surface area contributed by atoms with E-state index in [1.54, 1.807) is 19.1 Å². The normalized spacial score (nSPS) is 14.0. The SMILES string of the molecule is CCCC(C)(O)CNC(=O)c1ccc(Cl)cc1N. The van der Waals surface area contributed by atoms with E-state index in [1.807, 2.05) is 6.92 Å². The van der Waals surface area contributed by atoms with Crippen molar-refractivity contribution in [2.24, 2.45) is 0 Å². The van der Waals surface area contributed by atoms with Gasteiger partial charge in [0.25, 0.3) is 5.91 Å². The number of hydrogen-bond donors (Lipinski definition) is 3. The lowest BCUT2D eigenvalue weighted by molar-refractivity contribution is 0.0470. The second kappa shape index (κ2) is 6.07. The number of anilines is 1. The monoisotopic (exact) mass is 270 g/mol. The number of amides is 1. The highest BCUT2D eigenvalue weighted by Crippen LogP contribution is 2.18. The molecular weight excluding hydrogens is 252 g/mol. The van der Waals surface area contributed by atoms with E-state index in [2.05, 4.69) is 5.32 Å². The zero-order valence-corrected chi connectivity index (χ0v) is 11.4. The summed E-state index contributed by atoms with van der Waals surface area (Å²) in [4.78, 5) is 11.9. The van der Waals surface area contributed by atoms with Gasteiger partial charge in [0.05, 0.1) is 11.2 Å². The first kappa shape index (κ1) is 14.8. The Bertz CT molecular complexity index is 433. The Balaban J connectivity index is 2.66. The molecule has 0 aliphatic heterocycles. The molecule has 1 aromatic rings. The van der Waals surface area contributed by atoms with E-state index in [0.29, 0.717) is 22.7 Å². The van der Waals surface area contributed by atoms with E-state index in [4.69, 9.17) is 17.3 Å². The van der Waals surface area contributed by atoms with Gasteiger partial charge in [0.15, 0.2) is 0 Å². The quantitative estimate of drug-likeness (QED) is 0.718. The molecular formula is C13H19ClN2O2. The van der Waals surface area contributed by atoms with E-state index in [-0.39, 0.29) is 12.5 Å². The summed E-state index contributed by atoms with van der Waals surface area (Å²) >= 11 is 5.76. The molecule has 1 unspecified atom stereocenters. The van der Waals surface area contributed by atoms with Crippen molar-refractivity contribution >= 4 is 23.2 Å². The molecule has 0 aliphatic rings. The number of nitrogens with one attached hydrogen (secondary N) is 1. The van der Waals surface area contributed by atoms with Gasteiger partial charge >= 0.3 is 0 Å². The van der Waals surface area contributed by atoms with Crippen LogP contribution in [-0.2, 0) is 0 Å². The standard InChI is InChI=1S/C13H19ClN2O2/c1-3-6-13(2,18)8-16-12(17)10-5-4-9(14)7-11(10)15/h4-5,7,18H,3,6,8,15H2,1-2H3,(H,16,17). The number of rotatable bonds is 5. The van der Waals surface area contributed by atoms with Crippen LogP contribution in [0, 0.1) is 0 Å². The number of nitrogens with two attached hydrogens (primary N) is 1. The summed E-state index contributed by atoms with van der Waals surface area (Å²) < 4.78 is 0. The average molecular weight is 271 g/mol. The van der Waals surface area contributed by atoms with Crippen molar-refractivity contribution < 1.29 is 9.90 Å². The minimum absolute atomic E-state index is 0.196. The van der Waals surface area contributed by atoms with Gasteiger partial charge in [-0.15, -0.1) is 0 Å². The largest absolute Gasteiger partial charge is 0.398 e. The van der Waals surface area contributed by atoms with Crippen LogP contribution < -0.4 is 11.1 Å².